The van der Waals surface area contributed by atoms with Crippen LogP contribution in [0.3, 0.4) is 0 Å². The number of amides is 1. The Kier molecular flexibility index (Phi) is 5.02. The Balaban J connectivity index is 1.91. The number of aliphatic carboxylic acids is 1. The lowest BCUT2D eigenvalue weighted by atomic mass is 9.67. The average Bonchev–Trinajstić information content (AvgIpc) is 2.43. The van der Waals surface area contributed by atoms with Gasteiger partial charge in [-0.1, -0.05) is 25.7 Å². The van der Waals surface area contributed by atoms with E-state index in [0.29, 0.717) is 5.92 Å². The molecule has 0 radical (unpaired) electrons. The van der Waals surface area contributed by atoms with E-state index in [1.165, 1.54) is 32.6 Å². The van der Waals surface area contributed by atoms with Gasteiger partial charge >= 0.3 is 5.97 Å². The summed E-state index contributed by atoms with van der Waals surface area (Å²) in [6.45, 7) is 1.39. The molecule has 3 N–H and O–H groups in total. The first kappa shape index (κ1) is 15.3. The van der Waals surface area contributed by atoms with Crippen molar-refractivity contribution < 1.29 is 19.8 Å². The zero-order valence-electron chi connectivity index (χ0n) is 12.0. The van der Waals surface area contributed by atoms with Crippen LogP contribution in [-0.2, 0) is 9.59 Å². The Bertz CT molecular complexity index is 369. The molecule has 2 aliphatic carbocycles. The molecule has 0 aromatic heterocycles. The van der Waals surface area contributed by atoms with Crippen molar-refractivity contribution in [3.63, 3.8) is 0 Å². The van der Waals surface area contributed by atoms with Crippen LogP contribution >= 0.6 is 0 Å². The summed E-state index contributed by atoms with van der Waals surface area (Å²) < 4.78 is 0. The second-order valence-electron chi connectivity index (χ2n) is 6.38. The number of nitrogens with one attached hydrogen (secondary N) is 1. The molecule has 3 unspecified atom stereocenters. The van der Waals surface area contributed by atoms with E-state index in [9.17, 15) is 14.7 Å². The Morgan fingerprint density at radius 3 is 2.35 bits per heavy atom. The van der Waals surface area contributed by atoms with Crippen LogP contribution in [0.2, 0.25) is 0 Å². The molecule has 20 heavy (non-hydrogen) atoms. The first-order valence-electron chi connectivity index (χ1n) is 7.70. The summed E-state index contributed by atoms with van der Waals surface area (Å²) >= 11 is 0. The highest BCUT2D eigenvalue weighted by Gasteiger charge is 2.36. The molecule has 0 heterocycles. The number of carboxylic acid groups (broad SMARTS) is 1. The third kappa shape index (κ3) is 3.51. The molecule has 1 amide bonds. The molecular formula is C15H25NO4. The molecule has 0 bridgehead atoms. The fourth-order valence-electron chi connectivity index (χ4n) is 3.77. The summed E-state index contributed by atoms with van der Waals surface area (Å²) in [6, 6.07) is -1.20. The third-order valence-corrected chi connectivity index (χ3v) is 4.96. The van der Waals surface area contributed by atoms with Crippen molar-refractivity contribution in [2.75, 3.05) is 0 Å². The lowest BCUT2D eigenvalue weighted by Crippen LogP contribution is -2.50. The first-order chi connectivity index (χ1) is 9.49. The average molecular weight is 283 g/mol. The second-order valence-corrected chi connectivity index (χ2v) is 6.38. The smallest absolute Gasteiger partial charge is 0.328 e. The van der Waals surface area contributed by atoms with E-state index in [-0.39, 0.29) is 11.8 Å². The zero-order chi connectivity index (χ0) is 14.7. The summed E-state index contributed by atoms with van der Waals surface area (Å²) in [4.78, 5) is 23.2. The normalized spacial score (nSPS) is 32.8. The Hall–Kier alpha value is -1.10. The molecular weight excluding hydrogens is 258 g/mol. The molecule has 2 fully saturated rings. The zero-order valence-corrected chi connectivity index (χ0v) is 12.0. The molecule has 0 spiro atoms. The highest BCUT2D eigenvalue weighted by atomic mass is 16.4. The largest absolute Gasteiger partial charge is 0.480 e. The molecule has 0 aliphatic heterocycles. The maximum absolute atomic E-state index is 12.2. The lowest BCUT2D eigenvalue weighted by Gasteiger charge is -2.39. The van der Waals surface area contributed by atoms with Crippen molar-refractivity contribution in [2.24, 2.45) is 17.8 Å². The van der Waals surface area contributed by atoms with Gasteiger partial charge in [0, 0.05) is 5.92 Å². The van der Waals surface area contributed by atoms with Crippen LogP contribution in [0.1, 0.15) is 51.9 Å². The highest BCUT2D eigenvalue weighted by molar-refractivity contribution is 5.85. The van der Waals surface area contributed by atoms with Gasteiger partial charge in [-0.05, 0) is 38.0 Å². The number of rotatable bonds is 4. The minimum Gasteiger partial charge on any atom is -0.480 e. The van der Waals surface area contributed by atoms with Gasteiger partial charge in [0.15, 0.2) is 6.04 Å². The van der Waals surface area contributed by atoms with Gasteiger partial charge in [0.05, 0.1) is 6.10 Å². The van der Waals surface area contributed by atoms with Gasteiger partial charge < -0.3 is 15.5 Å². The predicted octanol–water partition coefficient (Wildman–Crippen LogP) is 1.54. The standard InChI is InChI=1S/C15H25NO4/c1-9(17)13(15(19)20)16-14(18)12-7-6-10-4-2-3-5-11(10)8-12/h9-13,17H,2-8H2,1H3,(H,16,18)(H,19,20)/t9-,10?,11?,12?,13+/m1/s1. The maximum atomic E-state index is 12.2. The van der Waals surface area contributed by atoms with E-state index in [1.54, 1.807) is 0 Å². The molecule has 5 nitrogen and oxygen atoms in total. The molecule has 114 valence electrons. The quantitative estimate of drug-likeness (QED) is 0.730. The Morgan fingerprint density at radius 2 is 1.75 bits per heavy atom. The molecule has 5 heteroatoms. The van der Waals surface area contributed by atoms with E-state index < -0.39 is 18.1 Å². The predicted molar refractivity (Wildman–Crippen MR) is 74.0 cm³/mol. The van der Waals surface area contributed by atoms with Crippen LogP contribution in [0.5, 0.6) is 0 Å². The molecule has 0 aromatic carbocycles. The van der Waals surface area contributed by atoms with E-state index in [2.05, 4.69) is 5.32 Å². The lowest BCUT2D eigenvalue weighted by molar-refractivity contribution is -0.145. The number of fused-ring (bicyclic) bond motifs is 1. The van der Waals surface area contributed by atoms with Crippen molar-refractivity contribution in [1.82, 2.24) is 5.32 Å². The van der Waals surface area contributed by atoms with Gasteiger partial charge in [-0.15, -0.1) is 0 Å². The summed E-state index contributed by atoms with van der Waals surface area (Å²) in [5, 5.41) is 20.9. The van der Waals surface area contributed by atoms with Crippen LogP contribution < -0.4 is 5.32 Å². The van der Waals surface area contributed by atoms with Crippen molar-refractivity contribution in [3.8, 4) is 0 Å². The molecule has 2 saturated carbocycles. The number of carbonyl (C=O) groups excluding carboxylic acids is 1. The fraction of sp³-hybridized carbons (Fsp3) is 0.867. The van der Waals surface area contributed by atoms with Crippen molar-refractivity contribution in [1.29, 1.82) is 0 Å². The number of carbonyl (C=O) groups is 2. The van der Waals surface area contributed by atoms with Gasteiger partial charge in [-0.25, -0.2) is 4.79 Å². The number of aliphatic hydroxyl groups is 1. The van der Waals surface area contributed by atoms with Crippen LogP contribution in [0.25, 0.3) is 0 Å². The van der Waals surface area contributed by atoms with Crippen molar-refractivity contribution >= 4 is 11.9 Å². The van der Waals surface area contributed by atoms with Crippen LogP contribution in [0.15, 0.2) is 0 Å². The van der Waals surface area contributed by atoms with E-state index >= 15 is 0 Å². The Labute approximate surface area is 119 Å². The van der Waals surface area contributed by atoms with E-state index in [4.69, 9.17) is 5.11 Å². The summed E-state index contributed by atoms with van der Waals surface area (Å²) in [6.07, 6.45) is 6.76. The molecule has 0 saturated heterocycles. The second kappa shape index (κ2) is 6.57. The minimum absolute atomic E-state index is 0.0880. The number of hydrogen-bond donors (Lipinski definition) is 3. The van der Waals surface area contributed by atoms with Gasteiger partial charge in [0.1, 0.15) is 0 Å². The molecule has 5 atom stereocenters. The van der Waals surface area contributed by atoms with Crippen LogP contribution in [0.4, 0.5) is 0 Å². The van der Waals surface area contributed by atoms with Crippen molar-refractivity contribution in [3.05, 3.63) is 0 Å². The van der Waals surface area contributed by atoms with Crippen LogP contribution in [0, 0.1) is 17.8 Å². The van der Waals surface area contributed by atoms with Crippen LogP contribution in [-0.4, -0.2) is 34.2 Å². The minimum atomic E-state index is -1.20. The van der Waals surface area contributed by atoms with Gasteiger partial charge in [0.25, 0.3) is 0 Å². The van der Waals surface area contributed by atoms with Gasteiger partial charge in [0.2, 0.25) is 5.91 Å². The fourth-order valence-corrected chi connectivity index (χ4v) is 3.77. The highest BCUT2D eigenvalue weighted by Crippen LogP contribution is 2.42. The number of hydrogen-bond acceptors (Lipinski definition) is 3. The number of carboxylic acids is 1. The SMILES string of the molecule is C[C@@H](O)[C@H](NC(=O)C1CCC2CCCCC2C1)C(=O)O. The van der Waals surface area contributed by atoms with Crippen molar-refractivity contribution in [2.45, 2.75) is 64.0 Å². The topological polar surface area (TPSA) is 86.6 Å². The molecule has 2 aliphatic rings. The molecule has 2 rings (SSSR count). The number of aliphatic hydroxyl groups excluding tert-OH is 1. The summed E-state index contributed by atoms with van der Waals surface area (Å²) in [5.41, 5.74) is 0. The monoisotopic (exact) mass is 283 g/mol. The van der Waals surface area contributed by atoms with Gasteiger partial charge in [-0.3, -0.25) is 4.79 Å². The molecule has 0 aromatic rings. The maximum Gasteiger partial charge on any atom is 0.328 e. The summed E-state index contributed by atoms with van der Waals surface area (Å²) in [5.74, 6) is -0.0834. The first-order valence-corrected chi connectivity index (χ1v) is 7.70. The van der Waals surface area contributed by atoms with E-state index in [1.807, 2.05) is 0 Å². The van der Waals surface area contributed by atoms with E-state index in [0.717, 1.165) is 25.2 Å². The third-order valence-electron chi connectivity index (χ3n) is 4.96. The Morgan fingerprint density at radius 1 is 1.10 bits per heavy atom. The van der Waals surface area contributed by atoms with Gasteiger partial charge in [-0.2, -0.15) is 0 Å². The summed E-state index contributed by atoms with van der Waals surface area (Å²) in [7, 11) is 0.